The third-order valence-corrected chi connectivity index (χ3v) is 4.95. The van der Waals surface area contributed by atoms with Gasteiger partial charge in [-0.25, -0.2) is 4.79 Å². The van der Waals surface area contributed by atoms with Crippen molar-refractivity contribution in [1.82, 2.24) is 9.55 Å². The van der Waals surface area contributed by atoms with Crippen molar-refractivity contribution in [1.29, 1.82) is 0 Å². The number of nitrogens with zero attached hydrogens (tertiary/aromatic N) is 2. The van der Waals surface area contributed by atoms with Crippen LogP contribution in [0.1, 0.15) is 22.1 Å². The Labute approximate surface area is 154 Å². The Morgan fingerprint density at radius 3 is 2.81 bits per heavy atom. The average molecular weight is 373 g/mol. The predicted molar refractivity (Wildman–Crippen MR) is 93.3 cm³/mol. The molecule has 9 heteroatoms. The molecule has 0 spiro atoms. The van der Waals surface area contributed by atoms with E-state index in [9.17, 15) is 19.8 Å². The molecule has 142 valence electrons. The first kappa shape index (κ1) is 17.8. The third kappa shape index (κ3) is 2.85. The first-order valence-corrected chi connectivity index (χ1v) is 8.50. The van der Waals surface area contributed by atoms with Gasteiger partial charge >= 0.3 is 5.69 Å². The molecule has 2 aliphatic rings. The van der Waals surface area contributed by atoms with Gasteiger partial charge in [0.2, 0.25) is 0 Å². The quantitative estimate of drug-likeness (QED) is 0.680. The van der Waals surface area contributed by atoms with Crippen LogP contribution in [0, 0.1) is 6.92 Å². The Hall–Kier alpha value is -2.59. The molecule has 0 saturated carbocycles. The highest BCUT2D eigenvalue weighted by Gasteiger charge is 2.61. The van der Waals surface area contributed by atoms with E-state index in [2.05, 4.69) is 10.3 Å². The molecule has 2 fully saturated rings. The number of aliphatic hydroxyl groups is 2. The lowest BCUT2D eigenvalue weighted by Gasteiger charge is -2.29. The van der Waals surface area contributed by atoms with Crippen LogP contribution in [0.4, 0.5) is 5.82 Å². The van der Waals surface area contributed by atoms with Gasteiger partial charge in [0.05, 0.1) is 13.2 Å². The Kier molecular flexibility index (Phi) is 4.31. The maximum absolute atomic E-state index is 12.5. The topological polar surface area (TPSA) is 123 Å². The number of carbonyl (C=O) groups is 1. The minimum Gasteiger partial charge on any atom is -0.393 e. The molecule has 2 saturated heterocycles. The van der Waals surface area contributed by atoms with Crippen molar-refractivity contribution in [3.05, 3.63) is 58.1 Å². The molecule has 3 heterocycles. The van der Waals surface area contributed by atoms with Crippen LogP contribution in [0.5, 0.6) is 0 Å². The molecule has 2 bridgehead atoms. The van der Waals surface area contributed by atoms with Crippen LogP contribution in [0.15, 0.2) is 41.3 Å². The van der Waals surface area contributed by atoms with E-state index >= 15 is 0 Å². The van der Waals surface area contributed by atoms with Crippen LogP contribution in [0.2, 0.25) is 0 Å². The van der Waals surface area contributed by atoms with Gasteiger partial charge in [0, 0.05) is 17.3 Å². The lowest BCUT2D eigenvalue weighted by Crippen LogP contribution is -2.44. The van der Waals surface area contributed by atoms with E-state index in [4.69, 9.17) is 9.47 Å². The Morgan fingerprint density at radius 2 is 2.15 bits per heavy atom. The maximum atomic E-state index is 12.5. The van der Waals surface area contributed by atoms with Crippen molar-refractivity contribution in [3.63, 3.8) is 0 Å². The van der Waals surface area contributed by atoms with Gasteiger partial charge in [0.15, 0.2) is 6.23 Å². The number of fused-ring (bicyclic) bond motifs is 2. The minimum atomic E-state index is -1.23. The number of amides is 1. The minimum absolute atomic E-state index is 0.0538. The highest BCUT2D eigenvalue weighted by molar-refractivity contribution is 6.03. The Bertz CT molecular complexity index is 930. The second kappa shape index (κ2) is 6.54. The van der Waals surface area contributed by atoms with Gasteiger partial charge < -0.3 is 25.0 Å². The van der Waals surface area contributed by atoms with Gasteiger partial charge in [-0.05, 0) is 19.1 Å². The van der Waals surface area contributed by atoms with E-state index in [1.54, 1.807) is 37.3 Å². The summed E-state index contributed by atoms with van der Waals surface area (Å²) < 4.78 is 12.4. The third-order valence-electron chi connectivity index (χ3n) is 4.95. The number of aromatic nitrogens is 2. The Morgan fingerprint density at radius 1 is 1.41 bits per heavy atom. The van der Waals surface area contributed by atoms with E-state index in [0.717, 1.165) is 0 Å². The first-order valence-electron chi connectivity index (χ1n) is 8.50. The number of hydrogen-bond donors (Lipinski definition) is 3. The van der Waals surface area contributed by atoms with E-state index < -0.39 is 36.3 Å². The zero-order chi connectivity index (χ0) is 19.2. The zero-order valence-electron chi connectivity index (χ0n) is 14.5. The fraction of sp³-hybridized carbons (Fsp3) is 0.389. The van der Waals surface area contributed by atoms with Crippen molar-refractivity contribution in [2.24, 2.45) is 0 Å². The zero-order valence-corrected chi connectivity index (χ0v) is 14.5. The maximum Gasteiger partial charge on any atom is 0.351 e. The number of ether oxygens (including phenoxy) is 2. The monoisotopic (exact) mass is 373 g/mol. The SMILES string of the molecule is Cc1cn([C@@H]2O[C@@]3(CO)CO[C@@H]2[C@@H]3O)c(=O)nc1NC(=O)c1ccccc1. The molecule has 1 amide bonds. The lowest BCUT2D eigenvalue weighted by atomic mass is 10.0. The number of hydrogen-bond acceptors (Lipinski definition) is 7. The highest BCUT2D eigenvalue weighted by atomic mass is 16.7. The molecule has 4 atom stereocenters. The first-order chi connectivity index (χ1) is 12.9. The summed E-state index contributed by atoms with van der Waals surface area (Å²) in [5, 5.41) is 22.4. The van der Waals surface area contributed by atoms with Gasteiger partial charge in [0.25, 0.3) is 5.91 Å². The van der Waals surface area contributed by atoms with Crippen LogP contribution in [0.25, 0.3) is 0 Å². The van der Waals surface area contributed by atoms with Crippen molar-refractivity contribution in [3.8, 4) is 0 Å². The van der Waals surface area contributed by atoms with Gasteiger partial charge in [0.1, 0.15) is 23.6 Å². The normalized spacial score (nSPS) is 29.1. The molecule has 2 aromatic rings. The highest BCUT2D eigenvalue weighted by Crippen LogP contribution is 2.44. The molecule has 9 nitrogen and oxygen atoms in total. The molecule has 4 rings (SSSR count). The predicted octanol–water partition coefficient (Wildman–Crippen LogP) is -0.176. The molecule has 1 aromatic heterocycles. The van der Waals surface area contributed by atoms with E-state index in [0.29, 0.717) is 11.1 Å². The second-order valence-corrected chi connectivity index (χ2v) is 6.73. The summed E-state index contributed by atoms with van der Waals surface area (Å²) in [6.07, 6.45) is -1.24. The second-order valence-electron chi connectivity index (χ2n) is 6.73. The average Bonchev–Trinajstić information content (AvgIpc) is 3.15. The molecule has 0 unspecified atom stereocenters. The summed E-state index contributed by atoms with van der Waals surface area (Å²) in [6, 6.07) is 8.58. The molecule has 2 aliphatic heterocycles. The molecule has 27 heavy (non-hydrogen) atoms. The summed E-state index contributed by atoms with van der Waals surface area (Å²) in [4.78, 5) is 28.7. The number of benzene rings is 1. The van der Waals surface area contributed by atoms with Gasteiger partial charge in [-0.3, -0.25) is 9.36 Å². The molecule has 3 N–H and O–H groups in total. The largest absolute Gasteiger partial charge is 0.393 e. The smallest absolute Gasteiger partial charge is 0.351 e. The number of carbonyl (C=O) groups excluding carboxylic acids is 1. The van der Waals surface area contributed by atoms with E-state index in [1.165, 1.54) is 10.8 Å². The number of rotatable bonds is 4. The van der Waals surface area contributed by atoms with Crippen LogP contribution >= 0.6 is 0 Å². The van der Waals surface area contributed by atoms with Gasteiger partial charge in [-0.2, -0.15) is 4.98 Å². The van der Waals surface area contributed by atoms with Crippen LogP contribution in [-0.2, 0) is 9.47 Å². The molecule has 1 aromatic carbocycles. The van der Waals surface area contributed by atoms with Crippen LogP contribution in [0.3, 0.4) is 0 Å². The lowest BCUT2D eigenvalue weighted by molar-refractivity contribution is -0.187. The molecule has 0 aliphatic carbocycles. The fourth-order valence-corrected chi connectivity index (χ4v) is 3.40. The molecule has 0 radical (unpaired) electrons. The number of aliphatic hydroxyl groups excluding tert-OH is 2. The van der Waals surface area contributed by atoms with Crippen molar-refractivity contribution in [2.45, 2.75) is 31.0 Å². The Balaban J connectivity index is 1.60. The summed E-state index contributed by atoms with van der Waals surface area (Å²) in [7, 11) is 0. The molecular weight excluding hydrogens is 354 g/mol. The van der Waals surface area contributed by atoms with Crippen LogP contribution in [-0.4, -0.2) is 56.7 Å². The summed E-state index contributed by atoms with van der Waals surface area (Å²) in [5.74, 6) is -0.232. The van der Waals surface area contributed by atoms with Gasteiger partial charge in [-0.15, -0.1) is 0 Å². The van der Waals surface area contributed by atoms with E-state index in [-0.39, 0.29) is 18.3 Å². The summed E-state index contributed by atoms with van der Waals surface area (Å²) in [6.45, 7) is 1.32. The number of aryl methyl sites for hydroxylation is 1. The van der Waals surface area contributed by atoms with Gasteiger partial charge in [-0.1, -0.05) is 18.2 Å². The summed E-state index contributed by atoms with van der Waals surface area (Å²) >= 11 is 0. The van der Waals surface area contributed by atoms with Crippen molar-refractivity contribution >= 4 is 11.7 Å². The molecular formula is C18H19N3O6. The van der Waals surface area contributed by atoms with Crippen molar-refractivity contribution in [2.75, 3.05) is 18.5 Å². The number of nitrogens with one attached hydrogen (secondary N) is 1. The van der Waals surface area contributed by atoms with Crippen molar-refractivity contribution < 1.29 is 24.5 Å². The number of anilines is 1. The van der Waals surface area contributed by atoms with E-state index in [1.807, 2.05) is 0 Å². The fourth-order valence-electron chi connectivity index (χ4n) is 3.40. The summed E-state index contributed by atoms with van der Waals surface area (Å²) in [5.41, 5.74) is -0.910. The standard InChI is InChI=1S/C18H19N3O6/c1-10-7-21(16-12-13(23)18(8-22,27-16)9-26-12)17(25)20-14(10)19-15(24)11-5-3-2-4-6-11/h2-7,12-13,16,22-23H,8-9H2,1H3,(H,19,20,24,25)/t12-,13+,16-,18+/m1/s1. The van der Waals surface area contributed by atoms with Crippen LogP contribution < -0.4 is 11.0 Å².